The van der Waals surface area contributed by atoms with Crippen LogP contribution in [0.3, 0.4) is 0 Å². The highest BCUT2D eigenvalue weighted by Crippen LogP contribution is 2.35. The van der Waals surface area contributed by atoms with Crippen molar-refractivity contribution in [3.63, 3.8) is 0 Å². The van der Waals surface area contributed by atoms with E-state index in [0.29, 0.717) is 12.8 Å². The molecule has 0 amide bonds. The van der Waals surface area contributed by atoms with Crippen LogP contribution in [0.4, 0.5) is 0 Å². The topological polar surface area (TPSA) is 54.4 Å². The summed E-state index contributed by atoms with van der Waals surface area (Å²) in [6.45, 7) is 0. The molecule has 0 bridgehead atoms. The van der Waals surface area contributed by atoms with E-state index in [1.807, 2.05) is 0 Å². The van der Waals surface area contributed by atoms with Gasteiger partial charge >= 0.3 is 5.97 Å². The summed E-state index contributed by atoms with van der Waals surface area (Å²) in [4.78, 5) is 20.7. The van der Waals surface area contributed by atoms with Crippen molar-refractivity contribution in [1.29, 1.82) is 0 Å². The van der Waals surface area contributed by atoms with Gasteiger partial charge in [-0.25, -0.2) is 0 Å². The van der Waals surface area contributed by atoms with E-state index in [2.05, 4.69) is 0 Å². The lowest BCUT2D eigenvalue weighted by Crippen LogP contribution is -2.36. The van der Waals surface area contributed by atoms with Gasteiger partial charge in [0.25, 0.3) is 0 Å². The normalized spacial score (nSPS) is 30.9. The van der Waals surface area contributed by atoms with Crippen LogP contribution in [0.5, 0.6) is 0 Å². The predicted molar refractivity (Wildman–Crippen MR) is 34.7 cm³/mol. The van der Waals surface area contributed by atoms with Gasteiger partial charge in [-0.1, -0.05) is 0 Å². The maximum Gasteiger partial charge on any atom is 0.307 e. The fourth-order valence-corrected chi connectivity index (χ4v) is 1.33. The minimum absolute atomic E-state index is 0.431. The van der Waals surface area contributed by atoms with Crippen LogP contribution >= 0.6 is 11.6 Å². The number of hydrogen-bond donors (Lipinski definition) is 1. The first kappa shape index (κ1) is 7.54. The summed E-state index contributed by atoms with van der Waals surface area (Å²) >= 11 is 5.12. The average Bonchev–Trinajstić information content (AvgIpc) is 1.56. The summed E-state index contributed by atoms with van der Waals surface area (Å²) in [6.07, 6.45) is 1.21. The third-order valence-electron chi connectivity index (χ3n) is 1.88. The van der Waals surface area contributed by atoms with Gasteiger partial charge in [-0.2, -0.15) is 0 Å². The van der Waals surface area contributed by atoms with E-state index in [9.17, 15) is 9.59 Å². The molecule has 1 N–H and O–H groups in total. The molecule has 0 aromatic carbocycles. The molecule has 1 aliphatic carbocycles. The Bertz CT molecular complexity index is 158. The van der Waals surface area contributed by atoms with Gasteiger partial charge < -0.3 is 5.11 Å². The first-order valence-corrected chi connectivity index (χ1v) is 3.43. The zero-order valence-corrected chi connectivity index (χ0v) is 5.97. The number of carbonyl (C=O) groups excluding carboxylic acids is 1. The molecule has 0 radical (unpaired) electrons. The maximum atomic E-state index is 10.4. The van der Waals surface area contributed by atoms with Crippen molar-refractivity contribution in [2.24, 2.45) is 11.8 Å². The highest BCUT2D eigenvalue weighted by Gasteiger charge is 2.40. The number of carbonyl (C=O) groups is 2. The lowest BCUT2D eigenvalue weighted by atomic mass is 9.74. The summed E-state index contributed by atoms with van der Waals surface area (Å²) in [5.41, 5.74) is 0. The van der Waals surface area contributed by atoms with Crippen molar-refractivity contribution in [2.45, 2.75) is 12.8 Å². The Morgan fingerprint density at radius 1 is 1.30 bits per heavy atom. The molecular weight excluding hydrogens is 156 g/mol. The molecule has 2 atom stereocenters. The fourth-order valence-electron chi connectivity index (χ4n) is 1.07. The first-order valence-electron chi connectivity index (χ1n) is 3.05. The van der Waals surface area contributed by atoms with Crippen LogP contribution in [0.1, 0.15) is 12.8 Å². The molecule has 0 saturated heterocycles. The lowest BCUT2D eigenvalue weighted by Gasteiger charge is -2.29. The average molecular weight is 163 g/mol. The number of aliphatic carboxylic acids is 1. The molecule has 0 heterocycles. The Hall–Kier alpha value is -0.570. The van der Waals surface area contributed by atoms with Crippen LogP contribution in [0.15, 0.2) is 0 Å². The molecule has 0 aromatic heterocycles. The quantitative estimate of drug-likeness (QED) is 0.613. The van der Waals surface area contributed by atoms with Gasteiger partial charge in [-0.05, 0) is 24.4 Å². The minimum atomic E-state index is -0.912. The molecule has 0 aromatic rings. The third kappa shape index (κ3) is 1.14. The zero-order chi connectivity index (χ0) is 7.72. The van der Waals surface area contributed by atoms with Gasteiger partial charge in [0.1, 0.15) is 0 Å². The third-order valence-corrected chi connectivity index (χ3v) is 2.16. The summed E-state index contributed by atoms with van der Waals surface area (Å²) in [6, 6.07) is 0. The first-order chi connectivity index (χ1) is 4.63. The Kier molecular flexibility index (Phi) is 1.94. The second kappa shape index (κ2) is 2.58. The predicted octanol–water partition coefficient (Wildman–Crippen LogP) is 0.863. The lowest BCUT2D eigenvalue weighted by molar-refractivity contribution is -0.150. The van der Waals surface area contributed by atoms with Crippen molar-refractivity contribution in [3.05, 3.63) is 0 Å². The second-order valence-corrected chi connectivity index (χ2v) is 2.81. The van der Waals surface area contributed by atoms with E-state index in [1.54, 1.807) is 0 Å². The molecule has 1 rings (SSSR count). The van der Waals surface area contributed by atoms with Gasteiger partial charge in [0.15, 0.2) is 0 Å². The van der Waals surface area contributed by atoms with Crippen LogP contribution < -0.4 is 0 Å². The fraction of sp³-hybridized carbons (Fsp3) is 0.667. The second-order valence-electron chi connectivity index (χ2n) is 2.43. The standard InChI is InChI=1S/C6H7ClO3/c7-5(8)3-1-2-4(3)6(9)10/h3-4H,1-2H2,(H,9,10)/t3-,4+/m1/s1. The van der Waals surface area contributed by atoms with Gasteiger partial charge in [-0.15, -0.1) is 0 Å². The Balaban J connectivity index is 2.51. The van der Waals surface area contributed by atoms with Crippen LogP contribution in [0.2, 0.25) is 0 Å². The number of hydrogen-bond acceptors (Lipinski definition) is 2. The Morgan fingerprint density at radius 2 is 1.80 bits per heavy atom. The Labute approximate surface area is 63.0 Å². The van der Waals surface area contributed by atoms with Crippen molar-refractivity contribution < 1.29 is 14.7 Å². The number of carboxylic acid groups (broad SMARTS) is 1. The van der Waals surface area contributed by atoms with Crippen LogP contribution in [-0.2, 0) is 9.59 Å². The van der Waals surface area contributed by atoms with Crippen molar-refractivity contribution in [1.82, 2.24) is 0 Å². The summed E-state index contributed by atoms with van der Waals surface area (Å²) in [5.74, 6) is -1.87. The van der Waals surface area contributed by atoms with Crippen LogP contribution in [0.25, 0.3) is 0 Å². The van der Waals surface area contributed by atoms with Gasteiger partial charge in [0.2, 0.25) is 5.24 Å². The van der Waals surface area contributed by atoms with Crippen molar-refractivity contribution in [2.75, 3.05) is 0 Å². The minimum Gasteiger partial charge on any atom is -0.481 e. The molecule has 0 spiro atoms. The van der Waals surface area contributed by atoms with Crippen LogP contribution in [0, 0.1) is 11.8 Å². The van der Waals surface area contributed by atoms with Gasteiger partial charge in [0.05, 0.1) is 5.92 Å². The summed E-state index contributed by atoms with van der Waals surface area (Å²) in [7, 11) is 0. The number of rotatable bonds is 2. The number of halogens is 1. The van der Waals surface area contributed by atoms with Crippen molar-refractivity contribution in [3.8, 4) is 0 Å². The van der Waals surface area contributed by atoms with E-state index in [1.165, 1.54) is 0 Å². The molecule has 1 aliphatic rings. The van der Waals surface area contributed by atoms with Crippen LogP contribution in [-0.4, -0.2) is 16.3 Å². The smallest absolute Gasteiger partial charge is 0.307 e. The summed E-state index contributed by atoms with van der Waals surface area (Å²) in [5, 5.41) is 7.93. The van der Waals surface area contributed by atoms with E-state index < -0.39 is 23.0 Å². The van der Waals surface area contributed by atoms with Crippen molar-refractivity contribution >= 4 is 22.8 Å². The van der Waals surface area contributed by atoms with E-state index in [4.69, 9.17) is 16.7 Å². The van der Waals surface area contributed by atoms with Gasteiger partial charge in [0, 0.05) is 5.92 Å². The molecule has 3 nitrogen and oxygen atoms in total. The highest BCUT2D eigenvalue weighted by molar-refractivity contribution is 6.64. The van der Waals surface area contributed by atoms with Gasteiger partial charge in [-0.3, -0.25) is 9.59 Å². The molecule has 56 valence electrons. The largest absolute Gasteiger partial charge is 0.481 e. The molecule has 0 aliphatic heterocycles. The molecule has 1 fully saturated rings. The molecule has 0 unspecified atom stereocenters. The maximum absolute atomic E-state index is 10.4. The monoisotopic (exact) mass is 162 g/mol. The SMILES string of the molecule is O=C(O)[C@H]1CC[C@H]1C(=O)Cl. The molecule has 4 heteroatoms. The molecule has 10 heavy (non-hydrogen) atoms. The Morgan fingerprint density at radius 3 is 1.90 bits per heavy atom. The zero-order valence-electron chi connectivity index (χ0n) is 5.21. The summed E-state index contributed by atoms with van der Waals surface area (Å²) < 4.78 is 0. The van der Waals surface area contributed by atoms with E-state index in [0.717, 1.165) is 0 Å². The van der Waals surface area contributed by atoms with E-state index in [-0.39, 0.29) is 0 Å². The van der Waals surface area contributed by atoms with E-state index >= 15 is 0 Å². The molecule has 1 saturated carbocycles. The highest BCUT2D eigenvalue weighted by atomic mass is 35.5. The number of carboxylic acids is 1. The molecular formula is C6H7ClO3.